The van der Waals surface area contributed by atoms with Gasteiger partial charge in [0, 0.05) is 12.7 Å². The van der Waals surface area contributed by atoms with Crippen LogP contribution in [0, 0.1) is 11.3 Å². The Morgan fingerprint density at radius 1 is 1.09 bits per heavy atom. The summed E-state index contributed by atoms with van der Waals surface area (Å²) >= 11 is 0. The van der Waals surface area contributed by atoms with Crippen molar-refractivity contribution in [1.29, 1.82) is 5.26 Å². The predicted octanol–water partition coefficient (Wildman–Crippen LogP) is 3.75. The number of nitrogens with zero attached hydrogens (tertiary/aromatic N) is 2. The van der Waals surface area contributed by atoms with Gasteiger partial charge in [-0.15, -0.1) is 0 Å². The fourth-order valence-electron chi connectivity index (χ4n) is 2.83. The van der Waals surface area contributed by atoms with Gasteiger partial charge in [0.05, 0.1) is 20.3 Å². The SMILES string of the molecule is COc1ccc(CN2C=Cc3ccccc3C2C#N)cc1OC. The molecule has 0 radical (unpaired) electrons. The monoisotopic (exact) mass is 306 g/mol. The lowest BCUT2D eigenvalue weighted by Gasteiger charge is -2.30. The third-order valence-electron chi connectivity index (χ3n) is 4.00. The third kappa shape index (κ3) is 2.86. The molecule has 23 heavy (non-hydrogen) atoms. The number of nitriles is 1. The van der Waals surface area contributed by atoms with Crippen molar-refractivity contribution in [3.05, 3.63) is 65.4 Å². The van der Waals surface area contributed by atoms with E-state index in [9.17, 15) is 5.26 Å². The second-order valence-electron chi connectivity index (χ2n) is 5.34. The van der Waals surface area contributed by atoms with Gasteiger partial charge in [-0.2, -0.15) is 5.26 Å². The molecule has 4 nitrogen and oxygen atoms in total. The van der Waals surface area contributed by atoms with Crippen molar-refractivity contribution in [2.45, 2.75) is 12.6 Å². The van der Waals surface area contributed by atoms with Gasteiger partial charge in [-0.05, 0) is 34.9 Å². The minimum Gasteiger partial charge on any atom is -0.493 e. The number of rotatable bonds is 4. The van der Waals surface area contributed by atoms with Crippen molar-refractivity contribution in [1.82, 2.24) is 4.90 Å². The molecule has 0 bridgehead atoms. The Kier molecular flexibility index (Phi) is 4.20. The van der Waals surface area contributed by atoms with E-state index >= 15 is 0 Å². The van der Waals surface area contributed by atoms with E-state index in [0.717, 1.165) is 16.7 Å². The van der Waals surface area contributed by atoms with Crippen LogP contribution in [-0.4, -0.2) is 19.1 Å². The summed E-state index contributed by atoms with van der Waals surface area (Å²) in [6, 6.07) is 15.9. The van der Waals surface area contributed by atoms with Crippen LogP contribution in [0.3, 0.4) is 0 Å². The summed E-state index contributed by atoms with van der Waals surface area (Å²) in [6.07, 6.45) is 4.02. The normalized spacial score (nSPS) is 15.7. The van der Waals surface area contributed by atoms with E-state index in [1.54, 1.807) is 14.2 Å². The van der Waals surface area contributed by atoms with Crippen LogP contribution in [0.5, 0.6) is 11.5 Å². The second-order valence-corrected chi connectivity index (χ2v) is 5.34. The molecule has 0 amide bonds. The first kappa shape index (κ1) is 15.0. The molecule has 0 saturated heterocycles. The standard InChI is InChI=1S/C19H18N2O2/c1-22-18-8-7-14(11-19(18)23-2)13-21-10-9-15-5-3-4-6-16(15)17(21)12-20/h3-11,17H,13H2,1-2H3. The zero-order chi connectivity index (χ0) is 16.2. The van der Waals surface area contributed by atoms with Crippen molar-refractivity contribution < 1.29 is 9.47 Å². The minimum atomic E-state index is -0.288. The largest absolute Gasteiger partial charge is 0.493 e. The summed E-state index contributed by atoms with van der Waals surface area (Å²) < 4.78 is 10.6. The molecule has 3 rings (SSSR count). The molecule has 2 aromatic carbocycles. The number of methoxy groups -OCH3 is 2. The molecule has 0 aromatic heterocycles. The van der Waals surface area contributed by atoms with Gasteiger partial charge >= 0.3 is 0 Å². The van der Waals surface area contributed by atoms with Crippen molar-refractivity contribution in [2.75, 3.05) is 14.2 Å². The highest BCUT2D eigenvalue weighted by Gasteiger charge is 2.23. The zero-order valence-corrected chi connectivity index (χ0v) is 13.2. The maximum absolute atomic E-state index is 9.60. The molecule has 0 saturated carbocycles. The molecule has 0 aliphatic carbocycles. The van der Waals surface area contributed by atoms with E-state index in [1.165, 1.54) is 0 Å². The highest BCUT2D eigenvalue weighted by molar-refractivity contribution is 5.58. The van der Waals surface area contributed by atoms with Crippen LogP contribution in [0.15, 0.2) is 48.7 Å². The van der Waals surface area contributed by atoms with E-state index in [2.05, 4.69) is 6.07 Å². The van der Waals surface area contributed by atoms with Crippen LogP contribution in [-0.2, 0) is 6.54 Å². The fourth-order valence-corrected chi connectivity index (χ4v) is 2.83. The maximum Gasteiger partial charge on any atom is 0.161 e. The summed E-state index contributed by atoms with van der Waals surface area (Å²) in [4.78, 5) is 2.03. The van der Waals surface area contributed by atoms with Crippen molar-refractivity contribution in [3.8, 4) is 17.6 Å². The average molecular weight is 306 g/mol. The topological polar surface area (TPSA) is 45.5 Å². The predicted molar refractivity (Wildman–Crippen MR) is 88.9 cm³/mol. The van der Waals surface area contributed by atoms with Gasteiger partial charge in [-0.1, -0.05) is 30.3 Å². The molecule has 1 unspecified atom stereocenters. The van der Waals surface area contributed by atoms with Crippen LogP contribution < -0.4 is 9.47 Å². The quantitative estimate of drug-likeness (QED) is 0.863. The molecule has 1 heterocycles. The van der Waals surface area contributed by atoms with Crippen LogP contribution in [0.25, 0.3) is 6.08 Å². The Bertz CT molecular complexity index is 777. The summed E-state index contributed by atoms with van der Waals surface area (Å²) in [5.74, 6) is 1.40. The lowest BCUT2D eigenvalue weighted by Crippen LogP contribution is -2.25. The number of ether oxygens (including phenoxy) is 2. The number of fused-ring (bicyclic) bond motifs is 1. The molecule has 0 spiro atoms. The Labute approximate surface area is 136 Å². The summed E-state index contributed by atoms with van der Waals surface area (Å²) in [5.41, 5.74) is 3.20. The molecule has 1 atom stereocenters. The van der Waals surface area contributed by atoms with Gasteiger partial charge in [0.1, 0.15) is 6.04 Å². The minimum absolute atomic E-state index is 0.288. The smallest absolute Gasteiger partial charge is 0.161 e. The molecular weight excluding hydrogens is 288 g/mol. The zero-order valence-electron chi connectivity index (χ0n) is 13.2. The summed E-state index contributed by atoms with van der Waals surface area (Å²) in [5, 5.41) is 9.60. The van der Waals surface area contributed by atoms with Gasteiger partial charge in [0.15, 0.2) is 11.5 Å². The van der Waals surface area contributed by atoms with E-state index in [4.69, 9.17) is 9.47 Å². The van der Waals surface area contributed by atoms with Crippen molar-refractivity contribution in [2.24, 2.45) is 0 Å². The van der Waals surface area contributed by atoms with E-state index in [0.29, 0.717) is 18.0 Å². The molecule has 1 aliphatic rings. The number of hydrogen-bond acceptors (Lipinski definition) is 4. The molecule has 116 valence electrons. The highest BCUT2D eigenvalue weighted by Crippen LogP contribution is 2.33. The Morgan fingerprint density at radius 3 is 2.61 bits per heavy atom. The first-order valence-corrected chi connectivity index (χ1v) is 7.40. The Balaban J connectivity index is 1.88. The molecule has 1 aliphatic heterocycles. The lowest BCUT2D eigenvalue weighted by atomic mass is 9.96. The van der Waals surface area contributed by atoms with Crippen molar-refractivity contribution >= 4 is 6.08 Å². The van der Waals surface area contributed by atoms with E-state index < -0.39 is 0 Å². The van der Waals surface area contributed by atoms with Crippen LogP contribution in [0.1, 0.15) is 22.7 Å². The van der Waals surface area contributed by atoms with Gasteiger partial charge in [0.2, 0.25) is 0 Å². The van der Waals surface area contributed by atoms with Gasteiger partial charge in [0.25, 0.3) is 0 Å². The third-order valence-corrected chi connectivity index (χ3v) is 4.00. The molecule has 0 fully saturated rings. The van der Waals surface area contributed by atoms with Crippen LogP contribution >= 0.6 is 0 Å². The van der Waals surface area contributed by atoms with Gasteiger partial charge in [-0.3, -0.25) is 0 Å². The lowest BCUT2D eigenvalue weighted by molar-refractivity contribution is 0.318. The van der Waals surface area contributed by atoms with E-state index in [1.807, 2.05) is 59.6 Å². The Hall–Kier alpha value is -2.93. The van der Waals surface area contributed by atoms with Gasteiger partial charge in [-0.25, -0.2) is 0 Å². The van der Waals surface area contributed by atoms with Gasteiger partial charge < -0.3 is 14.4 Å². The maximum atomic E-state index is 9.60. The molecular formula is C19H18N2O2. The fraction of sp³-hybridized carbons (Fsp3) is 0.211. The summed E-state index contributed by atoms with van der Waals surface area (Å²) in [6.45, 7) is 0.628. The average Bonchev–Trinajstić information content (AvgIpc) is 2.61. The van der Waals surface area contributed by atoms with E-state index in [-0.39, 0.29) is 6.04 Å². The number of benzene rings is 2. The molecule has 2 aromatic rings. The molecule has 0 N–H and O–H groups in total. The van der Waals surface area contributed by atoms with Crippen LogP contribution in [0.4, 0.5) is 0 Å². The summed E-state index contributed by atoms with van der Waals surface area (Å²) in [7, 11) is 3.24. The molecule has 4 heteroatoms. The van der Waals surface area contributed by atoms with Crippen molar-refractivity contribution in [3.63, 3.8) is 0 Å². The Morgan fingerprint density at radius 2 is 1.87 bits per heavy atom. The first-order chi connectivity index (χ1) is 11.3. The van der Waals surface area contributed by atoms with Crippen LogP contribution in [0.2, 0.25) is 0 Å². The first-order valence-electron chi connectivity index (χ1n) is 7.40. The highest BCUT2D eigenvalue weighted by atomic mass is 16.5. The number of hydrogen-bond donors (Lipinski definition) is 0. The second kappa shape index (κ2) is 6.45.